The van der Waals surface area contributed by atoms with Crippen LogP contribution in [0.1, 0.15) is 0 Å². The number of aromatic nitrogens is 1. The third-order valence-electron chi connectivity index (χ3n) is 5.42. The molecule has 0 saturated heterocycles. The molecular weight excluding hydrogens is 338 g/mol. The zero-order valence-electron chi connectivity index (χ0n) is 13.9. The monoisotopic (exact) mass is 351 g/mol. The fourth-order valence-electron chi connectivity index (χ4n) is 4.37. The van der Waals surface area contributed by atoms with Crippen molar-refractivity contribution in [2.24, 2.45) is 0 Å². The molecule has 0 aliphatic carbocycles. The lowest BCUT2D eigenvalue weighted by molar-refractivity contribution is 1.19. The molecule has 0 spiro atoms. The molecule has 0 fully saturated rings. The van der Waals surface area contributed by atoms with E-state index in [1.165, 1.54) is 44.2 Å². The summed E-state index contributed by atoms with van der Waals surface area (Å²) in [6.45, 7) is 0. The van der Waals surface area contributed by atoms with Crippen LogP contribution in [0.5, 0.6) is 0 Å². The van der Waals surface area contributed by atoms with Crippen LogP contribution in [0.25, 0.3) is 49.7 Å². The van der Waals surface area contributed by atoms with Crippen molar-refractivity contribution in [2.45, 2.75) is 0 Å². The highest BCUT2D eigenvalue weighted by Crippen LogP contribution is 2.48. The maximum atomic E-state index is 6.77. The van der Waals surface area contributed by atoms with Crippen LogP contribution in [0.4, 0.5) is 0 Å². The molecule has 5 aromatic rings. The Morgan fingerprint density at radius 3 is 2.15 bits per heavy atom. The highest BCUT2D eigenvalue weighted by atomic mass is 35.5. The molecule has 0 N–H and O–H groups in total. The number of hydrogen-bond donors (Lipinski definition) is 0. The Hall–Kier alpha value is -3.03. The van der Waals surface area contributed by atoms with Gasteiger partial charge in [-0.1, -0.05) is 78.3 Å². The fraction of sp³-hybridized carbons (Fsp3) is 0. The zero-order chi connectivity index (χ0) is 17.3. The second-order valence-electron chi connectivity index (χ2n) is 6.73. The molecule has 0 radical (unpaired) electrons. The van der Waals surface area contributed by atoms with Crippen molar-refractivity contribution in [3.8, 4) is 27.9 Å². The Labute approximate surface area is 156 Å². The second kappa shape index (κ2) is 5.00. The van der Waals surface area contributed by atoms with E-state index >= 15 is 0 Å². The summed E-state index contributed by atoms with van der Waals surface area (Å²) in [6.07, 6.45) is 0. The van der Waals surface area contributed by atoms with E-state index in [0.717, 1.165) is 10.6 Å². The van der Waals surface area contributed by atoms with Gasteiger partial charge in [0.2, 0.25) is 0 Å². The van der Waals surface area contributed by atoms with Crippen LogP contribution in [0, 0.1) is 0 Å². The molecule has 0 bridgehead atoms. The van der Waals surface area contributed by atoms with E-state index < -0.39 is 0 Å². The van der Waals surface area contributed by atoms with Crippen LogP contribution >= 0.6 is 11.6 Å². The van der Waals surface area contributed by atoms with Crippen LogP contribution < -0.4 is 0 Å². The van der Waals surface area contributed by atoms with E-state index in [4.69, 9.17) is 11.6 Å². The van der Waals surface area contributed by atoms with Crippen LogP contribution in [0.3, 0.4) is 0 Å². The minimum absolute atomic E-state index is 0.793. The van der Waals surface area contributed by atoms with Gasteiger partial charge in [-0.25, -0.2) is 0 Å². The van der Waals surface area contributed by atoms with Crippen LogP contribution in [0.2, 0.25) is 5.02 Å². The number of fused-ring (bicyclic) bond motifs is 8. The predicted molar refractivity (Wildman–Crippen MR) is 110 cm³/mol. The molecule has 2 heterocycles. The van der Waals surface area contributed by atoms with E-state index in [1.54, 1.807) is 0 Å². The average molecular weight is 352 g/mol. The summed E-state index contributed by atoms with van der Waals surface area (Å²) in [5.41, 5.74) is 8.38. The van der Waals surface area contributed by atoms with Crippen molar-refractivity contribution >= 4 is 33.4 Å². The van der Waals surface area contributed by atoms with Gasteiger partial charge < -0.3 is 4.57 Å². The first kappa shape index (κ1) is 14.2. The Morgan fingerprint density at radius 1 is 0.577 bits per heavy atom. The van der Waals surface area contributed by atoms with Gasteiger partial charge in [0, 0.05) is 21.9 Å². The molecule has 1 aliphatic heterocycles. The smallest absolute Gasteiger partial charge is 0.0634 e. The number of rotatable bonds is 0. The lowest BCUT2D eigenvalue weighted by atomic mass is 9.93. The van der Waals surface area contributed by atoms with Gasteiger partial charge in [0.25, 0.3) is 0 Å². The van der Waals surface area contributed by atoms with Gasteiger partial charge in [-0.05, 0) is 29.3 Å². The lowest BCUT2D eigenvalue weighted by Gasteiger charge is -2.11. The topological polar surface area (TPSA) is 4.93 Å². The minimum Gasteiger partial charge on any atom is -0.308 e. The third-order valence-corrected chi connectivity index (χ3v) is 5.73. The molecule has 0 atom stereocenters. The SMILES string of the molecule is Clc1ccc2c3ccccc3n3c2c1-c1ccccc1-c1ccccc1-3. The van der Waals surface area contributed by atoms with E-state index in [-0.39, 0.29) is 0 Å². The van der Waals surface area contributed by atoms with Gasteiger partial charge in [0.05, 0.1) is 21.7 Å². The number of para-hydroxylation sites is 2. The maximum Gasteiger partial charge on any atom is 0.0634 e. The number of halogens is 1. The fourth-order valence-corrected chi connectivity index (χ4v) is 4.63. The third kappa shape index (κ3) is 1.66. The first-order valence-electron chi connectivity index (χ1n) is 8.75. The highest BCUT2D eigenvalue weighted by molar-refractivity contribution is 6.36. The standard InChI is InChI=1S/C24H14ClN/c25-20-14-13-19-17-9-4-6-12-22(17)26-21-11-5-3-8-16(21)15-7-1-2-10-18(15)23(20)24(19)26/h1-14H. The molecule has 1 aromatic heterocycles. The van der Waals surface area contributed by atoms with E-state index in [1.807, 2.05) is 6.07 Å². The van der Waals surface area contributed by atoms with E-state index in [0.29, 0.717) is 0 Å². The highest BCUT2D eigenvalue weighted by Gasteiger charge is 2.25. The summed E-state index contributed by atoms with van der Waals surface area (Å²) in [7, 11) is 0. The molecule has 26 heavy (non-hydrogen) atoms. The van der Waals surface area contributed by atoms with E-state index in [9.17, 15) is 0 Å². The summed E-state index contributed by atoms with van der Waals surface area (Å²) in [5.74, 6) is 0. The lowest BCUT2D eigenvalue weighted by Crippen LogP contribution is -1.95. The Bertz CT molecular complexity index is 1340. The van der Waals surface area contributed by atoms with Gasteiger partial charge in [-0.15, -0.1) is 0 Å². The Kier molecular flexibility index (Phi) is 2.72. The summed E-state index contributed by atoms with van der Waals surface area (Å²) < 4.78 is 2.38. The van der Waals surface area contributed by atoms with Gasteiger partial charge in [0.1, 0.15) is 0 Å². The summed E-state index contributed by atoms with van der Waals surface area (Å²) >= 11 is 6.77. The van der Waals surface area contributed by atoms with Crippen molar-refractivity contribution in [1.29, 1.82) is 0 Å². The number of benzene rings is 4. The molecule has 0 saturated carbocycles. The van der Waals surface area contributed by atoms with Crippen molar-refractivity contribution in [3.63, 3.8) is 0 Å². The minimum atomic E-state index is 0.793. The van der Waals surface area contributed by atoms with E-state index in [2.05, 4.69) is 83.4 Å². The van der Waals surface area contributed by atoms with Gasteiger partial charge in [0.15, 0.2) is 0 Å². The molecule has 122 valence electrons. The molecule has 6 rings (SSSR count). The molecule has 1 nitrogen and oxygen atoms in total. The summed E-state index contributed by atoms with van der Waals surface area (Å²) in [4.78, 5) is 0. The molecule has 0 amide bonds. The van der Waals surface area contributed by atoms with Gasteiger partial charge in [-0.2, -0.15) is 0 Å². The number of hydrogen-bond acceptors (Lipinski definition) is 0. The number of nitrogens with zero attached hydrogens (tertiary/aromatic N) is 1. The Morgan fingerprint density at radius 2 is 1.27 bits per heavy atom. The molecule has 4 aromatic carbocycles. The second-order valence-corrected chi connectivity index (χ2v) is 7.14. The van der Waals surface area contributed by atoms with Crippen LogP contribution in [0.15, 0.2) is 84.9 Å². The maximum absolute atomic E-state index is 6.77. The average Bonchev–Trinajstić information content (AvgIpc) is 2.95. The largest absolute Gasteiger partial charge is 0.308 e. The first-order valence-corrected chi connectivity index (χ1v) is 9.13. The van der Waals surface area contributed by atoms with Gasteiger partial charge in [-0.3, -0.25) is 0 Å². The van der Waals surface area contributed by atoms with Crippen molar-refractivity contribution in [3.05, 3.63) is 90.0 Å². The molecule has 0 unspecified atom stereocenters. The molecule has 2 heteroatoms. The first-order chi connectivity index (χ1) is 12.8. The van der Waals surface area contributed by atoms with Gasteiger partial charge >= 0.3 is 0 Å². The summed E-state index contributed by atoms with van der Waals surface area (Å²) in [6, 6.07) is 30.0. The Balaban J connectivity index is 2.00. The van der Waals surface area contributed by atoms with Crippen molar-refractivity contribution in [2.75, 3.05) is 0 Å². The van der Waals surface area contributed by atoms with Crippen LogP contribution in [-0.2, 0) is 0 Å². The normalized spacial score (nSPS) is 12.0. The predicted octanol–water partition coefficient (Wildman–Crippen LogP) is 7.08. The van der Waals surface area contributed by atoms with Crippen molar-refractivity contribution < 1.29 is 0 Å². The zero-order valence-corrected chi connectivity index (χ0v) is 14.7. The van der Waals surface area contributed by atoms with Crippen LogP contribution in [-0.4, -0.2) is 4.57 Å². The molecule has 1 aliphatic rings. The molecular formula is C24H14ClN. The van der Waals surface area contributed by atoms with Crippen molar-refractivity contribution in [1.82, 2.24) is 4.57 Å². The summed E-state index contributed by atoms with van der Waals surface area (Å²) in [5, 5.41) is 3.29. The quantitative estimate of drug-likeness (QED) is 0.275.